The lowest BCUT2D eigenvalue weighted by Crippen LogP contribution is -2.26. The molecule has 0 radical (unpaired) electrons. The van der Waals surface area contributed by atoms with Gasteiger partial charge in [0.05, 0.1) is 19.6 Å². The highest BCUT2D eigenvalue weighted by molar-refractivity contribution is 5.72. The zero-order chi connectivity index (χ0) is 11.4. The molecule has 4 nitrogen and oxygen atoms in total. The fourth-order valence-corrected chi connectivity index (χ4v) is 1.61. The van der Waals surface area contributed by atoms with E-state index in [1.165, 1.54) is 0 Å². The van der Waals surface area contributed by atoms with Crippen LogP contribution in [0.2, 0.25) is 0 Å². The summed E-state index contributed by atoms with van der Waals surface area (Å²) in [6.45, 7) is 0.698. The van der Waals surface area contributed by atoms with Gasteiger partial charge >= 0.3 is 5.97 Å². The Bertz CT molecular complexity index is 349. The molecule has 0 bridgehead atoms. The second kappa shape index (κ2) is 5.09. The number of aliphatic hydroxyl groups is 1. The van der Waals surface area contributed by atoms with E-state index in [2.05, 4.69) is 0 Å². The third kappa shape index (κ3) is 2.81. The van der Waals surface area contributed by atoms with Crippen LogP contribution in [-0.4, -0.2) is 29.9 Å². The summed E-state index contributed by atoms with van der Waals surface area (Å²) in [4.78, 5) is 10.9. The summed E-state index contributed by atoms with van der Waals surface area (Å²) < 4.78 is 10.3. The summed E-state index contributed by atoms with van der Waals surface area (Å²) in [5, 5.41) is 9.43. The zero-order valence-corrected chi connectivity index (χ0v) is 8.83. The van der Waals surface area contributed by atoms with Crippen molar-refractivity contribution in [3.63, 3.8) is 0 Å². The maximum absolute atomic E-state index is 10.9. The van der Waals surface area contributed by atoms with Crippen molar-refractivity contribution < 1.29 is 19.4 Å². The lowest BCUT2D eigenvalue weighted by molar-refractivity contribution is -0.144. The molecule has 0 spiro atoms. The van der Waals surface area contributed by atoms with Crippen molar-refractivity contribution in [3.8, 4) is 0 Å². The van der Waals surface area contributed by atoms with Gasteiger partial charge < -0.3 is 14.6 Å². The van der Waals surface area contributed by atoms with Crippen molar-refractivity contribution in [1.82, 2.24) is 0 Å². The summed E-state index contributed by atoms with van der Waals surface area (Å²) in [6, 6.07) is 9.71. The van der Waals surface area contributed by atoms with Crippen LogP contribution in [0.4, 0.5) is 0 Å². The minimum absolute atomic E-state index is 0.0688. The number of benzene rings is 1. The van der Waals surface area contributed by atoms with E-state index in [0.717, 1.165) is 5.56 Å². The first-order valence-corrected chi connectivity index (χ1v) is 5.25. The first-order valence-electron chi connectivity index (χ1n) is 5.25. The molecule has 1 N–H and O–H groups in total. The number of hydrogen-bond acceptors (Lipinski definition) is 4. The summed E-state index contributed by atoms with van der Waals surface area (Å²) in [5.41, 5.74) is 1.06. The van der Waals surface area contributed by atoms with Crippen molar-refractivity contribution in [2.75, 3.05) is 6.61 Å². The number of ether oxygens (including phenoxy) is 2. The largest absolute Gasteiger partial charge is 0.457 e. The maximum Gasteiger partial charge on any atom is 0.309 e. The Hall–Kier alpha value is -1.39. The first-order chi connectivity index (χ1) is 7.75. The summed E-state index contributed by atoms with van der Waals surface area (Å²) in [7, 11) is 0. The molecule has 2 rings (SSSR count). The quantitative estimate of drug-likeness (QED) is 0.608. The van der Waals surface area contributed by atoms with Gasteiger partial charge in [-0.2, -0.15) is 0 Å². The van der Waals surface area contributed by atoms with Crippen LogP contribution in [0.25, 0.3) is 0 Å². The molecule has 0 amide bonds. The monoisotopic (exact) mass is 223 g/mol. The predicted octanol–water partition coefficient (Wildman–Crippen LogP) is 0.880. The molecule has 1 aromatic carbocycles. The van der Waals surface area contributed by atoms with Gasteiger partial charge in [0.2, 0.25) is 0 Å². The van der Waals surface area contributed by atoms with Gasteiger partial charge in [-0.05, 0) is 5.56 Å². The molecule has 2 atom stereocenters. The molecule has 1 aliphatic rings. The third-order valence-electron chi connectivity index (χ3n) is 2.48. The van der Waals surface area contributed by atoms with Crippen molar-refractivity contribution in [2.45, 2.75) is 25.2 Å². The topological polar surface area (TPSA) is 55.8 Å². The molecule has 86 valence electrons. The molecule has 4 heteroatoms. The molecule has 0 unspecified atom stereocenters. The normalized spacial score (nSPS) is 24.4. The minimum Gasteiger partial charge on any atom is -0.457 e. The smallest absolute Gasteiger partial charge is 0.309 e. The Morgan fingerprint density at radius 2 is 2.12 bits per heavy atom. The average molecular weight is 223 g/mol. The molecule has 0 aliphatic carbocycles. The van der Waals surface area contributed by atoms with E-state index in [9.17, 15) is 9.90 Å². The molecule has 1 saturated heterocycles. The fourth-order valence-electron chi connectivity index (χ4n) is 1.61. The number of hydrogen-bond donors (Lipinski definition) is 1. The van der Waals surface area contributed by atoms with Gasteiger partial charge in [0, 0.05) is 0 Å². The number of carbonyl (C=O) groups excluding carboxylic acids is 1. The van der Waals surface area contributed by atoms with Crippen LogP contribution in [-0.2, 0) is 20.9 Å². The van der Waals surface area contributed by atoms with Gasteiger partial charge in [-0.1, -0.05) is 30.3 Å². The maximum atomic E-state index is 10.9. The van der Waals surface area contributed by atoms with E-state index >= 15 is 0 Å². The second-order valence-corrected chi connectivity index (χ2v) is 3.80. The Morgan fingerprint density at radius 3 is 2.75 bits per heavy atom. The second-order valence-electron chi connectivity index (χ2n) is 3.80. The third-order valence-corrected chi connectivity index (χ3v) is 2.48. The summed E-state index contributed by atoms with van der Waals surface area (Å²) in [6.07, 6.45) is -1.18. The van der Waals surface area contributed by atoms with Gasteiger partial charge in [0.15, 0.2) is 6.10 Å². The molecule has 1 aromatic rings. The van der Waals surface area contributed by atoms with E-state index in [4.69, 9.17) is 9.47 Å². The number of esters is 1. The lowest BCUT2D eigenvalue weighted by atomic mass is 10.2. The number of rotatable bonds is 4. The van der Waals surface area contributed by atoms with Crippen LogP contribution < -0.4 is 0 Å². The fraction of sp³-hybridized carbons (Fsp3) is 0.417. The van der Waals surface area contributed by atoms with E-state index in [1.54, 1.807) is 0 Å². The van der Waals surface area contributed by atoms with E-state index in [1.807, 2.05) is 30.3 Å². The Kier molecular flexibility index (Phi) is 3.54. The standard InChI is InChI=1S/C12H14O4/c13-10-6-12(14)16-11(10)8-15-7-9-4-2-1-3-5-9/h1-5,10-11,13H,6-8H2/t10-,11+/m0/s1/i12+1. The number of carbonyl (C=O) groups is 1. The Balaban J connectivity index is 1.74. The molecular formula is C12H14O4. The van der Waals surface area contributed by atoms with Crippen LogP contribution in [0.3, 0.4) is 0 Å². The highest BCUT2D eigenvalue weighted by Crippen LogP contribution is 2.15. The zero-order valence-electron chi connectivity index (χ0n) is 8.83. The van der Waals surface area contributed by atoms with Crippen molar-refractivity contribution in [3.05, 3.63) is 35.9 Å². The minimum atomic E-state index is -0.733. The summed E-state index contributed by atoms with van der Waals surface area (Å²) >= 11 is 0. The molecule has 1 heterocycles. The van der Waals surface area contributed by atoms with Crippen LogP contribution >= 0.6 is 0 Å². The molecule has 16 heavy (non-hydrogen) atoms. The SMILES string of the molecule is O=[13C]1C[C@H](O)[C@@H](COCc2ccccc2)O1. The lowest BCUT2D eigenvalue weighted by Gasteiger charge is -2.13. The van der Waals surface area contributed by atoms with Crippen molar-refractivity contribution in [1.29, 1.82) is 0 Å². The number of cyclic esters (lactones) is 1. The van der Waals surface area contributed by atoms with Crippen molar-refractivity contribution >= 4 is 5.97 Å². The van der Waals surface area contributed by atoms with Crippen LogP contribution in [0.5, 0.6) is 0 Å². The van der Waals surface area contributed by atoms with E-state index < -0.39 is 12.2 Å². The molecule has 1 aliphatic heterocycles. The van der Waals surface area contributed by atoms with Crippen LogP contribution in [0.1, 0.15) is 12.0 Å². The van der Waals surface area contributed by atoms with Gasteiger partial charge in [0.25, 0.3) is 0 Å². The predicted molar refractivity (Wildman–Crippen MR) is 56.6 cm³/mol. The molecule has 0 aromatic heterocycles. The summed E-state index contributed by atoms with van der Waals surface area (Å²) in [5.74, 6) is -0.360. The van der Waals surface area contributed by atoms with Crippen molar-refractivity contribution in [2.24, 2.45) is 0 Å². The number of aliphatic hydroxyl groups excluding tert-OH is 1. The highest BCUT2D eigenvalue weighted by atomic mass is 16.7. The first kappa shape index (κ1) is 11.1. The van der Waals surface area contributed by atoms with Crippen LogP contribution in [0.15, 0.2) is 30.3 Å². The van der Waals surface area contributed by atoms with Gasteiger partial charge in [0.1, 0.15) is 6.10 Å². The molecule has 1 fully saturated rings. The average Bonchev–Trinajstić information content (AvgIpc) is 2.59. The van der Waals surface area contributed by atoms with E-state index in [-0.39, 0.29) is 19.0 Å². The van der Waals surface area contributed by atoms with Gasteiger partial charge in [-0.25, -0.2) is 0 Å². The highest BCUT2D eigenvalue weighted by Gasteiger charge is 2.33. The Labute approximate surface area is 93.8 Å². The van der Waals surface area contributed by atoms with Gasteiger partial charge in [-0.3, -0.25) is 4.79 Å². The van der Waals surface area contributed by atoms with Crippen LogP contribution in [0, 0.1) is 0 Å². The van der Waals surface area contributed by atoms with E-state index in [0.29, 0.717) is 6.61 Å². The molecular weight excluding hydrogens is 209 g/mol. The molecule has 0 saturated carbocycles. The Morgan fingerprint density at radius 1 is 1.38 bits per heavy atom. The van der Waals surface area contributed by atoms with Gasteiger partial charge in [-0.15, -0.1) is 0 Å².